The van der Waals surface area contributed by atoms with Crippen LogP contribution in [0.1, 0.15) is 18.4 Å². The van der Waals surface area contributed by atoms with E-state index in [0.29, 0.717) is 6.04 Å². The van der Waals surface area contributed by atoms with Crippen molar-refractivity contribution in [3.05, 3.63) is 42.1 Å². The third-order valence-electron chi connectivity index (χ3n) is 3.50. The van der Waals surface area contributed by atoms with E-state index < -0.39 is 0 Å². The molecule has 2 aromatic rings. The minimum atomic E-state index is 0.242. The van der Waals surface area contributed by atoms with Gasteiger partial charge in [0.05, 0.1) is 12.1 Å². The van der Waals surface area contributed by atoms with Gasteiger partial charge in [-0.2, -0.15) is 0 Å². The van der Waals surface area contributed by atoms with Crippen LogP contribution in [0.5, 0.6) is 0 Å². The highest BCUT2D eigenvalue weighted by Crippen LogP contribution is 2.28. The summed E-state index contributed by atoms with van der Waals surface area (Å²) in [4.78, 5) is 6.70. The number of aliphatic hydroxyl groups is 1. The van der Waals surface area contributed by atoms with Crippen molar-refractivity contribution < 1.29 is 5.11 Å². The molecule has 0 atom stereocenters. The number of hydrogen-bond donors (Lipinski definition) is 1. The van der Waals surface area contributed by atoms with Crippen LogP contribution in [0.3, 0.4) is 0 Å². The van der Waals surface area contributed by atoms with E-state index in [-0.39, 0.29) is 6.61 Å². The van der Waals surface area contributed by atoms with Gasteiger partial charge in [0.1, 0.15) is 0 Å². The summed E-state index contributed by atoms with van der Waals surface area (Å²) in [6.45, 7) is 1.94. The molecule has 0 bridgehead atoms. The minimum Gasteiger partial charge on any atom is -0.395 e. The Morgan fingerprint density at radius 2 is 2.17 bits per heavy atom. The van der Waals surface area contributed by atoms with Crippen LogP contribution in [0.25, 0.3) is 10.9 Å². The molecule has 0 spiro atoms. The lowest BCUT2D eigenvalue weighted by Crippen LogP contribution is -2.28. The Labute approximate surface area is 107 Å². The predicted octanol–water partition coefficient (Wildman–Crippen LogP) is 2.19. The van der Waals surface area contributed by atoms with Crippen molar-refractivity contribution in [2.24, 2.45) is 0 Å². The maximum Gasteiger partial charge on any atom is 0.0702 e. The molecule has 3 rings (SSSR count). The summed E-state index contributed by atoms with van der Waals surface area (Å²) in [7, 11) is 0. The maximum absolute atomic E-state index is 9.11. The molecule has 0 amide bonds. The molecule has 0 saturated heterocycles. The average molecular weight is 242 g/mol. The fourth-order valence-electron chi connectivity index (χ4n) is 2.42. The van der Waals surface area contributed by atoms with Crippen molar-refractivity contribution in [3.63, 3.8) is 0 Å². The second-order valence-corrected chi connectivity index (χ2v) is 4.96. The smallest absolute Gasteiger partial charge is 0.0702 e. The van der Waals surface area contributed by atoms with Crippen LogP contribution < -0.4 is 0 Å². The van der Waals surface area contributed by atoms with E-state index in [1.165, 1.54) is 23.8 Å². The number of fused-ring (bicyclic) bond motifs is 1. The number of benzene rings is 1. The molecule has 1 aliphatic rings. The van der Waals surface area contributed by atoms with Gasteiger partial charge in [-0.25, -0.2) is 0 Å². The molecule has 0 radical (unpaired) electrons. The average Bonchev–Trinajstić information content (AvgIpc) is 3.22. The molecule has 1 aromatic carbocycles. The van der Waals surface area contributed by atoms with Gasteiger partial charge in [0.15, 0.2) is 0 Å². The Balaban J connectivity index is 1.80. The molecule has 94 valence electrons. The molecule has 18 heavy (non-hydrogen) atoms. The third kappa shape index (κ3) is 2.52. The van der Waals surface area contributed by atoms with Crippen molar-refractivity contribution in [1.29, 1.82) is 0 Å². The SMILES string of the molecule is OCCN(Cc1ccc2ncccc2c1)C1CC1. The third-order valence-corrected chi connectivity index (χ3v) is 3.50. The Morgan fingerprint density at radius 1 is 1.28 bits per heavy atom. The molecule has 1 aliphatic carbocycles. The summed E-state index contributed by atoms with van der Waals surface area (Å²) in [5.41, 5.74) is 2.34. The van der Waals surface area contributed by atoms with Gasteiger partial charge in [0, 0.05) is 30.7 Å². The monoisotopic (exact) mass is 242 g/mol. The first-order valence-electron chi connectivity index (χ1n) is 6.55. The molecule has 1 heterocycles. The standard InChI is InChI=1S/C15H18N2O/c18-9-8-17(14-4-5-14)11-12-3-6-15-13(10-12)2-1-7-16-15/h1-3,6-7,10,14,18H,4-5,8-9,11H2. The lowest BCUT2D eigenvalue weighted by atomic mass is 10.1. The van der Waals surface area contributed by atoms with Gasteiger partial charge in [0.25, 0.3) is 0 Å². The summed E-state index contributed by atoms with van der Waals surface area (Å²) in [6, 6.07) is 11.2. The molecule has 0 aliphatic heterocycles. The number of aromatic nitrogens is 1. The van der Waals surface area contributed by atoms with Crippen molar-refractivity contribution in [2.45, 2.75) is 25.4 Å². The molecule has 1 aromatic heterocycles. The van der Waals surface area contributed by atoms with Crippen LogP contribution in [0, 0.1) is 0 Å². The molecule has 1 fully saturated rings. The second kappa shape index (κ2) is 5.04. The molecule has 3 nitrogen and oxygen atoms in total. The summed E-state index contributed by atoms with van der Waals surface area (Å²) in [5, 5.41) is 10.3. The number of hydrogen-bond acceptors (Lipinski definition) is 3. The van der Waals surface area contributed by atoms with Gasteiger partial charge in [0.2, 0.25) is 0 Å². The van der Waals surface area contributed by atoms with E-state index in [1.54, 1.807) is 0 Å². The number of nitrogens with zero attached hydrogens (tertiary/aromatic N) is 2. The zero-order valence-electron chi connectivity index (χ0n) is 10.4. The Bertz CT molecular complexity index is 537. The second-order valence-electron chi connectivity index (χ2n) is 4.96. The van der Waals surface area contributed by atoms with Crippen LogP contribution in [0.4, 0.5) is 0 Å². The van der Waals surface area contributed by atoms with E-state index in [9.17, 15) is 0 Å². The summed E-state index contributed by atoms with van der Waals surface area (Å²) in [6.07, 6.45) is 4.37. The Kier molecular flexibility index (Phi) is 3.26. The van der Waals surface area contributed by atoms with Crippen LogP contribution in [-0.4, -0.2) is 34.2 Å². The molecular formula is C15H18N2O. The molecular weight excluding hydrogens is 224 g/mol. The van der Waals surface area contributed by atoms with Gasteiger partial charge < -0.3 is 5.11 Å². The number of pyridine rings is 1. The zero-order valence-corrected chi connectivity index (χ0v) is 10.4. The molecule has 1 N–H and O–H groups in total. The Hall–Kier alpha value is -1.45. The summed E-state index contributed by atoms with van der Waals surface area (Å²) < 4.78 is 0. The maximum atomic E-state index is 9.11. The van der Waals surface area contributed by atoms with Gasteiger partial charge in [-0.3, -0.25) is 9.88 Å². The topological polar surface area (TPSA) is 36.4 Å². The van der Waals surface area contributed by atoms with Crippen LogP contribution in [0.2, 0.25) is 0 Å². The highest BCUT2D eigenvalue weighted by atomic mass is 16.3. The number of aliphatic hydroxyl groups excluding tert-OH is 1. The first-order valence-corrected chi connectivity index (χ1v) is 6.55. The quantitative estimate of drug-likeness (QED) is 0.873. The first kappa shape index (κ1) is 11.6. The van der Waals surface area contributed by atoms with E-state index in [4.69, 9.17) is 5.11 Å². The fourth-order valence-corrected chi connectivity index (χ4v) is 2.42. The van der Waals surface area contributed by atoms with E-state index in [1.807, 2.05) is 12.3 Å². The summed E-state index contributed by atoms with van der Waals surface area (Å²) >= 11 is 0. The largest absolute Gasteiger partial charge is 0.395 e. The van der Waals surface area contributed by atoms with Crippen molar-refractivity contribution in [1.82, 2.24) is 9.88 Å². The lowest BCUT2D eigenvalue weighted by molar-refractivity contribution is 0.183. The van der Waals surface area contributed by atoms with Crippen molar-refractivity contribution in [3.8, 4) is 0 Å². The number of rotatable bonds is 5. The van der Waals surface area contributed by atoms with Gasteiger partial charge in [-0.15, -0.1) is 0 Å². The lowest BCUT2D eigenvalue weighted by Gasteiger charge is -2.20. The van der Waals surface area contributed by atoms with Crippen molar-refractivity contribution >= 4 is 10.9 Å². The van der Waals surface area contributed by atoms with Gasteiger partial charge in [-0.05, 0) is 36.6 Å². The zero-order chi connectivity index (χ0) is 12.4. The van der Waals surface area contributed by atoms with Crippen molar-refractivity contribution in [2.75, 3.05) is 13.2 Å². The van der Waals surface area contributed by atoms with Gasteiger partial charge >= 0.3 is 0 Å². The molecule has 3 heteroatoms. The van der Waals surface area contributed by atoms with Crippen LogP contribution in [-0.2, 0) is 6.54 Å². The summed E-state index contributed by atoms with van der Waals surface area (Å²) in [5.74, 6) is 0. The predicted molar refractivity (Wildman–Crippen MR) is 72.3 cm³/mol. The fraction of sp³-hybridized carbons (Fsp3) is 0.400. The highest BCUT2D eigenvalue weighted by Gasteiger charge is 2.28. The van der Waals surface area contributed by atoms with E-state index in [2.05, 4.69) is 34.1 Å². The highest BCUT2D eigenvalue weighted by molar-refractivity contribution is 5.78. The molecule has 0 unspecified atom stereocenters. The van der Waals surface area contributed by atoms with E-state index in [0.717, 1.165) is 18.6 Å². The Morgan fingerprint density at radius 3 is 2.94 bits per heavy atom. The molecule has 1 saturated carbocycles. The van der Waals surface area contributed by atoms with Crippen LogP contribution >= 0.6 is 0 Å². The minimum absolute atomic E-state index is 0.242. The van der Waals surface area contributed by atoms with Gasteiger partial charge in [-0.1, -0.05) is 12.1 Å². The first-order chi connectivity index (χ1) is 8.86. The van der Waals surface area contributed by atoms with E-state index >= 15 is 0 Å². The van der Waals surface area contributed by atoms with Crippen LogP contribution in [0.15, 0.2) is 36.5 Å². The normalized spacial score (nSPS) is 15.4.